The fourth-order valence-corrected chi connectivity index (χ4v) is 6.86. The lowest BCUT2D eigenvalue weighted by molar-refractivity contribution is 0.0606. The Kier molecular flexibility index (Phi) is 6.68. The molecule has 10 nitrogen and oxygen atoms in total. The summed E-state index contributed by atoms with van der Waals surface area (Å²) < 4.78 is 24.3. The summed E-state index contributed by atoms with van der Waals surface area (Å²) in [5.74, 6) is 1.50. The summed E-state index contributed by atoms with van der Waals surface area (Å²) in [6.07, 6.45) is 3.04. The van der Waals surface area contributed by atoms with Crippen LogP contribution in [0.25, 0.3) is 55.6 Å². The number of imidazole rings is 1. The van der Waals surface area contributed by atoms with Gasteiger partial charge in [0.2, 0.25) is 5.88 Å². The number of likely N-dealkylation sites (tertiary alicyclic amines) is 1. The summed E-state index contributed by atoms with van der Waals surface area (Å²) in [5, 5.41) is 12.9. The van der Waals surface area contributed by atoms with Gasteiger partial charge in [-0.3, -0.25) is 4.79 Å². The van der Waals surface area contributed by atoms with Crippen molar-refractivity contribution in [3.63, 3.8) is 0 Å². The first-order valence-electron chi connectivity index (χ1n) is 15.6. The van der Waals surface area contributed by atoms with Crippen LogP contribution >= 0.6 is 0 Å². The van der Waals surface area contributed by atoms with Gasteiger partial charge in [-0.05, 0) is 73.0 Å². The van der Waals surface area contributed by atoms with E-state index in [1.54, 1.807) is 25.4 Å². The van der Waals surface area contributed by atoms with Crippen LogP contribution in [0.2, 0.25) is 0 Å². The second-order valence-electron chi connectivity index (χ2n) is 12.6. The van der Waals surface area contributed by atoms with Crippen LogP contribution in [-0.4, -0.2) is 72.4 Å². The van der Waals surface area contributed by atoms with Crippen LogP contribution in [0.3, 0.4) is 0 Å². The second kappa shape index (κ2) is 10.8. The van der Waals surface area contributed by atoms with Gasteiger partial charge in [0.25, 0.3) is 5.91 Å². The van der Waals surface area contributed by atoms with Crippen molar-refractivity contribution in [2.24, 2.45) is 18.7 Å². The number of benzene rings is 2. The van der Waals surface area contributed by atoms with Gasteiger partial charge in [-0.25, -0.2) is 19.3 Å². The third-order valence-corrected chi connectivity index (χ3v) is 9.29. The predicted octanol–water partition coefficient (Wildman–Crippen LogP) is 5.44. The number of aromatic hydroxyl groups is 1. The molecule has 234 valence electrons. The average molecular weight is 620 g/mol. The maximum absolute atomic E-state index is 14.3. The van der Waals surface area contributed by atoms with Gasteiger partial charge in [-0.15, -0.1) is 0 Å². The number of piperidine rings is 1. The van der Waals surface area contributed by atoms with Crippen LogP contribution in [0.15, 0.2) is 60.8 Å². The number of aromatic nitrogens is 5. The lowest BCUT2D eigenvalue weighted by Gasteiger charge is -2.33. The Morgan fingerprint density at radius 3 is 2.72 bits per heavy atom. The minimum atomic E-state index is -1.15. The van der Waals surface area contributed by atoms with Gasteiger partial charge < -0.3 is 29.6 Å². The number of methoxy groups -OCH3 is 1. The van der Waals surface area contributed by atoms with E-state index in [0.29, 0.717) is 34.7 Å². The molecule has 0 bridgehead atoms. The topological polar surface area (TPSA) is 124 Å². The highest BCUT2D eigenvalue weighted by molar-refractivity contribution is 6.01. The Morgan fingerprint density at radius 2 is 1.93 bits per heavy atom. The lowest BCUT2D eigenvalue weighted by atomic mass is 10.0. The van der Waals surface area contributed by atoms with E-state index < -0.39 is 12.2 Å². The fourth-order valence-electron chi connectivity index (χ4n) is 6.86. The van der Waals surface area contributed by atoms with Crippen molar-refractivity contribution in [1.82, 2.24) is 29.0 Å². The molecule has 4 aromatic heterocycles. The normalized spacial score (nSPS) is 18.6. The summed E-state index contributed by atoms with van der Waals surface area (Å²) in [5.41, 5.74) is 11.3. The number of rotatable bonds is 6. The molecule has 0 unspecified atom stereocenters. The largest absolute Gasteiger partial charge is 0.494 e. The van der Waals surface area contributed by atoms with Crippen molar-refractivity contribution in [2.75, 3.05) is 20.2 Å². The Balaban J connectivity index is 1.26. The number of carbonyl (C=O) groups excluding carboxylic acids is 1. The van der Waals surface area contributed by atoms with Gasteiger partial charge in [0.05, 0.1) is 30.6 Å². The van der Waals surface area contributed by atoms with Gasteiger partial charge in [0.1, 0.15) is 23.1 Å². The lowest BCUT2D eigenvalue weighted by Crippen LogP contribution is -2.50. The van der Waals surface area contributed by atoms with Crippen LogP contribution in [-0.2, 0) is 13.6 Å². The van der Waals surface area contributed by atoms with Crippen molar-refractivity contribution in [2.45, 2.75) is 38.0 Å². The number of nitrogens with zero attached hydrogens (tertiary/aromatic N) is 6. The molecule has 1 aliphatic heterocycles. The fraction of sp³-hybridized carbons (Fsp3) is 0.314. The third-order valence-electron chi connectivity index (χ3n) is 9.29. The summed E-state index contributed by atoms with van der Waals surface area (Å²) in [4.78, 5) is 29.2. The Bertz CT molecular complexity index is 2160. The van der Waals surface area contributed by atoms with Crippen molar-refractivity contribution >= 4 is 38.7 Å². The molecule has 5 heterocycles. The molecule has 2 atom stereocenters. The van der Waals surface area contributed by atoms with Crippen molar-refractivity contribution in [3.8, 4) is 34.4 Å². The van der Waals surface area contributed by atoms with Crippen molar-refractivity contribution < 1.29 is 19.0 Å². The highest BCUT2D eigenvalue weighted by Gasteiger charge is 2.30. The molecule has 11 heteroatoms. The first kappa shape index (κ1) is 28.4. The Morgan fingerprint density at radius 1 is 1.09 bits per heavy atom. The zero-order valence-corrected chi connectivity index (χ0v) is 25.7. The van der Waals surface area contributed by atoms with Crippen molar-refractivity contribution in [3.05, 3.63) is 66.4 Å². The zero-order valence-electron chi connectivity index (χ0n) is 25.7. The highest BCUT2D eigenvalue weighted by Crippen LogP contribution is 2.39. The van der Waals surface area contributed by atoms with E-state index in [4.69, 9.17) is 20.4 Å². The van der Waals surface area contributed by atoms with E-state index in [-0.39, 0.29) is 24.8 Å². The van der Waals surface area contributed by atoms with E-state index in [9.17, 15) is 14.3 Å². The summed E-state index contributed by atoms with van der Waals surface area (Å²) in [6.45, 7) is 1.13. The number of fused-ring (bicyclic) bond motifs is 3. The molecule has 2 aliphatic rings. The Hall–Kier alpha value is -5.03. The predicted molar refractivity (Wildman–Crippen MR) is 175 cm³/mol. The summed E-state index contributed by atoms with van der Waals surface area (Å²) in [7, 11) is 3.52. The first-order valence-corrected chi connectivity index (χ1v) is 15.6. The molecule has 46 heavy (non-hydrogen) atoms. The zero-order chi connectivity index (χ0) is 31.7. The van der Waals surface area contributed by atoms with Gasteiger partial charge >= 0.3 is 0 Å². The Labute approximate surface area is 264 Å². The number of nitrogens with two attached hydrogens (primary N) is 1. The molecule has 1 amide bonds. The number of hydrogen-bond acceptors (Lipinski definition) is 7. The molecule has 0 radical (unpaired) electrons. The van der Waals surface area contributed by atoms with E-state index in [1.807, 2.05) is 41.9 Å². The maximum atomic E-state index is 14.3. The second-order valence-corrected chi connectivity index (χ2v) is 12.6. The van der Waals surface area contributed by atoms with Crippen molar-refractivity contribution in [1.29, 1.82) is 0 Å². The van der Waals surface area contributed by atoms with E-state index in [0.717, 1.165) is 64.1 Å². The molecule has 8 rings (SSSR count). The third kappa shape index (κ3) is 4.73. The quantitative estimate of drug-likeness (QED) is 0.254. The molecule has 3 N–H and O–H groups in total. The molecular formula is C35H34FN7O3. The van der Waals surface area contributed by atoms with Crippen LogP contribution in [0.5, 0.6) is 11.6 Å². The summed E-state index contributed by atoms with van der Waals surface area (Å²) >= 11 is 0. The highest BCUT2D eigenvalue weighted by atomic mass is 19.1. The number of aryl methyl sites for hydroxylation is 1. The van der Waals surface area contributed by atoms with Gasteiger partial charge in [0, 0.05) is 54.3 Å². The van der Waals surface area contributed by atoms with Crippen LogP contribution in [0.1, 0.15) is 29.6 Å². The molecule has 2 fully saturated rings. The van der Waals surface area contributed by atoms with Gasteiger partial charge in [-0.1, -0.05) is 12.1 Å². The SMILES string of the molecule is COc1cc(C(=O)N2C[C@H](N)C[C@@H](F)C2)cc2nc(-c3cc4ccc(-c5cccc6c(O)nccc56)nc4n3CC3CC3)n(C)c12. The van der Waals surface area contributed by atoms with E-state index >= 15 is 0 Å². The number of carbonyl (C=O) groups is 1. The van der Waals surface area contributed by atoms with Gasteiger partial charge in [-0.2, -0.15) is 0 Å². The number of amides is 1. The van der Waals surface area contributed by atoms with E-state index in [1.165, 1.54) is 4.90 Å². The molecule has 6 aromatic rings. The number of hydrogen-bond donors (Lipinski definition) is 2. The number of ether oxygens (including phenoxy) is 1. The number of alkyl halides is 1. The number of halogens is 1. The standard InChI is InChI=1S/C35H34FN7O3/c1-41-31-28(12-21(14-30(31)46-2)35(45)42-17-22(36)15-23(37)18-42)40-33(41)29-13-20-8-9-27(39-32(20)43(29)16-19-6-7-19)25-4-3-5-26-24(25)10-11-38-34(26)44/h3-5,8-14,19,22-23H,6-7,15-18,37H2,1-2H3,(H,38,44)/t22-,23-/m1/s1. The van der Waals surface area contributed by atoms with Crippen LogP contribution < -0.4 is 10.5 Å². The minimum Gasteiger partial charge on any atom is -0.494 e. The molecule has 2 aromatic carbocycles. The van der Waals surface area contributed by atoms with Crippen LogP contribution in [0.4, 0.5) is 4.39 Å². The van der Waals surface area contributed by atoms with Gasteiger partial charge in [0.15, 0.2) is 5.82 Å². The summed E-state index contributed by atoms with van der Waals surface area (Å²) in [6, 6.07) is 16.9. The maximum Gasteiger partial charge on any atom is 0.254 e. The minimum absolute atomic E-state index is 0.00642. The monoisotopic (exact) mass is 619 g/mol. The number of pyridine rings is 2. The first-order chi connectivity index (χ1) is 22.3. The molecular weight excluding hydrogens is 585 g/mol. The van der Waals surface area contributed by atoms with E-state index in [2.05, 4.69) is 21.7 Å². The molecule has 1 saturated heterocycles. The molecule has 1 aliphatic carbocycles. The molecule has 0 spiro atoms. The molecule has 1 saturated carbocycles. The average Bonchev–Trinajstić information content (AvgIpc) is 3.72. The van der Waals surface area contributed by atoms with Crippen LogP contribution in [0, 0.1) is 5.92 Å². The smallest absolute Gasteiger partial charge is 0.254 e.